The van der Waals surface area contributed by atoms with Gasteiger partial charge in [-0.15, -0.1) is 11.3 Å². The summed E-state index contributed by atoms with van der Waals surface area (Å²) in [5, 5.41) is 7.21. The summed E-state index contributed by atoms with van der Waals surface area (Å²) in [7, 11) is 0. The molecule has 1 aliphatic rings. The molecule has 1 saturated heterocycles. The fourth-order valence-electron chi connectivity index (χ4n) is 2.89. The maximum atomic E-state index is 6.18. The molecular weight excluding hydrogens is 346 g/mol. The Morgan fingerprint density at radius 3 is 2.77 bits per heavy atom. The molecule has 0 bridgehead atoms. The van der Waals surface area contributed by atoms with Crippen LogP contribution in [0, 0.1) is 0 Å². The number of nitrogens with zero attached hydrogens (tertiary/aromatic N) is 4. The first-order chi connectivity index (χ1) is 12.4. The van der Waals surface area contributed by atoms with E-state index in [0.717, 1.165) is 35.2 Å². The first-order valence-electron chi connectivity index (χ1n) is 9.06. The molecule has 1 fully saturated rings. The zero-order valence-corrected chi connectivity index (χ0v) is 16.6. The lowest BCUT2D eigenvalue weighted by molar-refractivity contribution is 0.128. The highest BCUT2D eigenvalue weighted by Crippen LogP contribution is 2.26. The van der Waals surface area contributed by atoms with Crippen molar-refractivity contribution in [3.05, 3.63) is 40.0 Å². The second kappa shape index (κ2) is 8.03. The molecular formula is C19H27N5OS. The number of anilines is 1. The standard InChI is InChI=1S/C19H27N5OS/c1-19(2,3)18-22-14(13-26-18)12-25-23-16(20)15-8-7-9-21-17(15)24-10-5-4-6-11-24/h7-9,13H,4-6,10-12H2,1-3H3,(H2,20,23). The second-order valence-corrected chi connectivity index (χ2v) is 8.42. The van der Waals surface area contributed by atoms with Crippen LogP contribution in [0.4, 0.5) is 5.82 Å². The molecule has 2 N–H and O–H groups in total. The number of pyridine rings is 1. The fourth-order valence-corrected chi connectivity index (χ4v) is 3.78. The molecule has 3 rings (SSSR count). The van der Waals surface area contributed by atoms with Crippen molar-refractivity contribution < 1.29 is 4.84 Å². The summed E-state index contributed by atoms with van der Waals surface area (Å²) < 4.78 is 0. The summed E-state index contributed by atoms with van der Waals surface area (Å²) in [6, 6.07) is 3.82. The van der Waals surface area contributed by atoms with Crippen LogP contribution in [0.1, 0.15) is 56.3 Å². The highest BCUT2D eigenvalue weighted by molar-refractivity contribution is 7.09. The summed E-state index contributed by atoms with van der Waals surface area (Å²) in [6.07, 6.45) is 5.44. The summed E-state index contributed by atoms with van der Waals surface area (Å²) in [5.41, 5.74) is 7.92. The number of piperidine rings is 1. The monoisotopic (exact) mass is 373 g/mol. The lowest BCUT2D eigenvalue weighted by Gasteiger charge is -2.29. The number of oxime groups is 1. The summed E-state index contributed by atoms with van der Waals surface area (Å²) >= 11 is 1.65. The van der Waals surface area contributed by atoms with Gasteiger partial charge in [0.25, 0.3) is 0 Å². The molecule has 2 aromatic rings. The molecule has 0 atom stereocenters. The molecule has 140 valence electrons. The van der Waals surface area contributed by atoms with Gasteiger partial charge in [-0.2, -0.15) is 0 Å². The summed E-state index contributed by atoms with van der Waals surface area (Å²) in [4.78, 5) is 16.9. The Labute approximate surface area is 159 Å². The number of rotatable bonds is 5. The largest absolute Gasteiger partial charge is 0.388 e. The maximum absolute atomic E-state index is 6.18. The molecule has 26 heavy (non-hydrogen) atoms. The maximum Gasteiger partial charge on any atom is 0.174 e. The molecule has 0 spiro atoms. The van der Waals surface area contributed by atoms with Crippen molar-refractivity contribution in [3.63, 3.8) is 0 Å². The summed E-state index contributed by atoms with van der Waals surface area (Å²) in [6.45, 7) is 8.77. The zero-order valence-electron chi connectivity index (χ0n) is 15.7. The molecule has 0 aromatic carbocycles. The Morgan fingerprint density at radius 2 is 2.08 bits per heavy atom. The van der Waals surface area contributed by atoms with E-state index in [1.807, 2.05) is 17.5 Å². The molecule has 0 radical (unpaired) electrons. The van der Waals surface area contributed by atoms with Crippen LogP contribution in [-0.4, -0.2) is 28.9 Å². The van der Waals surface area contributed by atoms with Crippen LogP contribution < -0.4 is 10.6 Å². The van der Waals surface area contributed by atoms with Crippen molar-refractivity contribution in [2.45, 2.75) is 52.1 Å². The molecule has 1 aliphatic heterocycles. The minimum Gasteiger partial charge on any atom is -0.388 e. The Morgan fingerprint density at radius 1 is 1.31 bits per heavy atom. The number of amidine groups is 1. The number of hydrogen-bond acceptors (Lipinski definition) is 6. The molecule has 0 aliphatic carbocycles. The van der Waals surface area contributed by atoms with Crippen molar-refractivity contribution in [2.75, 3.05) is 18.0 Å². The fraction of sp³-hybridized carbons (Fsp3) is 0.526. The third-order valence-electron chi connectivity index (χ3n) is 4.29. The minimum atomic E-state index is 0.0459. The van der Waals surface area contributed by atoms with Gasteiger partial charge in [-0.1, -0.05) is 25.9 Å². The molecule has 6 nitrogen and oxygen atoms in total. The van der Waals surface area contributed by atoms with Crippen molar-refractivity contribution in [1.82, 2.24) is 9.97 Å². The van der Waals surface area contributed by atoms with E-state index in [2.05, 4.69) is 40.8 Å². The molecule has 0 unspecified atom stereocenters. The lowest BCUT2D eigenvalue weighted by Crippen LogP contribution is -2.32. The Kier molecular flexibility index (Phi) is 5.76. The first-order valence-corrected chi connectivity index (χ1v) is 9.94. The smallest absolute Gasteiger partial charge is 0.174 e. The van der Waals surface area contributed by atoms with Gasteiger partial charge >= 0.3 is 0 Å². The zero-order chi connectivity index (χ0) is 18.6. The number of aromatic nitrogens is 2. The van der Waals surface area contributed by atoms with E-state index >= 15 is 0 Å². The number of nitrogens with two attached hydrogens (primary N) is 1. The van der Waals surface area contributed by atoms with Gasteiger partial charge in [0, 0.05) is 30.1 Å². The number of hydrogen-bond donors (Lipinski definition) is 1. The Bertz CT molecular complexity index is 759. The quantitative estimate of drug-likeness (QED) is 0.492. The number of thiazole rings is 1. The van der Waals surface area contributed by atoms with Crippen molar-refractivity contribution >= 4 is 23.0 Å². The van der Waals surface area contributed by atoms with E-state index in [-0.39, 0.29) is 5.41 Å². The van der Waals surface area contributed by atoms with Gasteiger partial charge in [-0.3, -0.25) is 0 Å². The third kappa shape index (κ3) is 4.52. The van der Waals surface area contributed by atoms with E-state index in [1.165, 1.54) is 19.3 Å². The molecule has 0 saturated carbocycles. The molecule has 2 aromatic heterocycles. The van der Waals surface area contributed by atoms with E-state index < -0.39 is 0 Å². The van der Waals surface area contributed by atoms with Gasteiger partial charge in [-0.25, -0.2) is 9.97 Å². The van der Waals surface area contributed by atoms with Crippen LogP contribution >= 0.6 is 11.3 Å². The van der Waals surface area contributed by atoms with Crippen molar-refractivity contribution in [3.8, 4) is 0 Å². The van der Waals surface area contributed by atoms with Crippen LogP contribution in [0.25, 0.3) is 0 Å². The SMILES string of the molecule is CC(C)(C)c1nc(CO/N=C(/N)c2cccnc2N2CCCCC2)cs1. The van der Waals surface area contributed by atoms with Crippen LogP contribution in [0.5, 0.6) is 0 Å². The molecule has 0 amide bonds. The van der Waals surface area contributed by atoms with E-state index in [1.54, 1.807) is 17.5 Å². The summed E-state index contributed by atoms with van der Waals surface area (Å²) in [5.74, 6) is 1.24. The van der Waals surface area contributed by atoms with E-state index in [9.17, 15) is 0 Å². The van der Waals surface area contributed by atoms with Gasteiger partial charge in [0.2, 0.25) is 0 Å². The second-order valence-electron chi connectivity index (χ2n) is 7.57. The third-order valence-corrected chi connectivity index (χ3v) is 5.60. The van der Waals surface area contributed by atoms with Crippen molar-refractivity contribution in [2.24, 2.45) is 10.9 Å². The average Bonchev–Trinajstić information content (AvgIpc) is 3.12. The van der Waals surface area contributed by atoms with Gasteiger partial charge < -0.3 is 15.5 Å². The molecule has 7 heteroatoms. The van der Waals surface area contributed by atoms with Gasteiger partial charge in [0.15, 0.2) is 12.4 Å². The van der Waals surface area contributed by atoms with Crippen LogP contribution in [-0.2, 0) is 16.9 Å². The highest BCUT2D eigenvalue weighted by Gasteiger charge is 2.19. The predicted octanol–water partition coefficient (Wildman–Crippen LogP) is 3.66. The molecule has 3 heterocycles. The Balaban J connectivity index is 1.67. The minimum absolute atomic E-state index is 0.0459. The van der Waals surface area contributed by atoms with Crippen LogP contribution in [0.15, 0.2) is 28.9 Å². The van der Waals surface area contributed by atoms with Crippen molar-refractivity contribution in [1.29, 1.82) is 0 Å². The topological polar surface area (TPSA) is 76.6 Å². The van der Waals surface area contributed by atoms with Gasteiger partial charge in [0.05, 0.1) is 16.3 Å². The van der Waals surface area contributed by atoms with Gasteiger partial charge in [-0.05, 0) is 31.4 Å². The van der Waals surface area contributed by atoms with Crippen LogP contribution in [0.3, 0.4) is 0 Å². The predicted molar refractivity (Wildman–Crippen MR) is 107 cm³/mol. The normalized spacial score (nSPS) is 16.0. The lowest BCUT2D eigenvalue weighted by atomic mass is 9.98. The van der Waals surface area contributed by atoms with Crippen LogP contribution in [0.2, 0.25) is 0 Å². The van der Waals surface area contributed by atoms with E-state index in [4.69, 9.17) is 10.6 Å². The first kappa shape index (κ1) is 18.6. The Hall–Kier alpha value is -2.15. The highest BCUT2D eigenvalue weighted by atomic mass is 32.1. The average molecular weight is 374 g/mol. The van der Waals surface area contributed by atoms with Gasteiger partial charge in [0.1, 0.15) is 5.82 Å². The van der Waals surface area contributed by atoms with E-state index in [0.29, 0.717) is 12.4 Å².